The molecule has 0 aromatic heterocycles. The van der Waals surface area contributed by atoms with E-state index >= 15 is 0 Å². The third-order valence-corrected chi connectivity index (χ3v) is 2.71. The van der Waals surface area contributed by atoms with E-state index in [1.165, 1.54) is 12.1 Å². The summed E-state index contributed by atoms with van der Waals surface area (Å²) in [4.78, 5) is 0. The van der Waals surface area contributed by atoms with Crippen LogP contribution in [0.25, 0.3) is 0 Å². The molecule has 0 saturated heterocycles. The third kappa shape index (κ3) is 2.55. The average molecular weight is 300 g/mol. The van der Waals surface area contributed by atoms with Crippen molar-refractivity contribution in [2.45, 2.75) is 18.3 Å². The standard InChI is InChI=1S/C10H10BrF4N/c11-8-3-1-2-7(6-8)9(12,4-5-16)10(13,14)15/h1-3,6H,4-5,16H2. The zero-order valence-electron chi connectivity index (χ0n) is 8.19. The summed E-state index contributed by atoms with van der Waals surface area (Å²) < 4.78 is 52.4. The molecule has 16 heavy (non-hydrogen) atoms. The summed E-state index contributed by atoms with van der Waals surface area (Å²) in [6.07, 6.45) is -5.75. The number of hydrogen-bond donors (Lipinski definition) is 1. The van der Waals surface area contributed by atoms with E-state index in [-0.39, 0.29) is 6.54 Å². The molecule has 2 N–H and O–H groups in total. The maximum Gasteiger partial charge on any atom is 0.426 e. The molecule has 0 aliphatic rings. The highest BCUT2D eigenvalue weighted by molar-refractivity contribution is 9.10. The van der Waals surface area contributed by atoms with Crippen molar-refractivity contribution in [1.82, 2.24) is 0 Å². The van der Waals surface area contributed by atoms with E-state index in [9.17, 15) is 17.6 Å². The van der Waals surface area contributed by atoms with Gasteiger partial charge in [0.15, 0.2) is 0 Å². The Hall–Kier alpha value is -0.620. The average Bonchev–Trinajstić information content (AvgIpc) is 2.16. The number of halogens is 5. The molecule has 0 aliphatic heterocycles. The van der Waals surface area contributed by atoms with Crippen LogP contribution < -0.4 is 5.73 Å². The van der Waals surface area contributed by atoms with Gasteiger partial charge in [0.25, 0.3) is 0 Å². The van der Waals surface area contributed by atoms with E-state index in [0.717, 1.165) is 12.1 Å². The minimum Gasteiger partial charge on any atom is -0.330 e. The van der Waals surface area contributed by atoms with E-state index in [4.69, 9.17) is 5.73 Å². The van der Waals surface area contributed by atoms with Crippen LogP contribution in [0.3, 0.4) is 0 Å². The molecule has 1 nitrogen and oxygen atoms in total. The SMILES string of the molecule is NCCC(F)(c1cccc(Br)c1)C(F)(F)F. The highest BCUT2D eigenvalue weighted by atomic mass is 79.9. The maximum absolute atomic E-state index is 14.0. The fourth-order valence-corrected chi connectivity index (χ4v) is 1.78. The second-order valence-corrected chi connectivity index (χ2v) is 4.26. The van der Waals surface area contributed by atoms with Crippen molar-refractivity contribution in [1.29, 1.82) is 0 Å². The Bertz CT molecular complexity index is 366. The summed E-state index contributed by atoms with van der Waals surface area (Å²) >= 11 is 3.01. The minimum absolute atomic E-state index is 0.372. The highest BCUT2D eigenvalue weighted by Crippen LogP contribution is 2.45. The Morgan fingerprint density at radius 1 is 1.19 bits per heavy atom. The van der Waals surface area contributed by atoms with Crippen molar-refractivity contribution in [3.63, 3.8) is 0 Å². The number of nitrogens with two attached hydrogens (primary N) is 1. The zero-order valence-corrected chi connectivity index (χ0v) is 9.78. The normalized spacial score (nSPS) is 15.9. The van der Waals surface area contributed by atoms with Gasteiger partial charge in [0.2, 0.25) is 5.67 Å². The highest BCUT2D eigenvalue weighted by Gasteiger charge is 2.56. The molecule has 0 saturated carbocycles. The van der Waals surface area contributed by atoms with Crippen molar-refractivity contribution >= 4 is 15.9 Å². The first-order valence-electron chi connectivity index (χ1n) is 4.53. The largest absolute Gasteiger partial charge is 0.426 e. The fourth-order valence-electron chi connectivity index (χ4n) is 1.38. The molecule has 90 valence electrons. The van der Waals surface area contributed by atoms with E-state index < -0.39 is 23.8 Å². The van der Waals surface area contributed by atoms with Gasteiger partial charge in [-0.15, -0.1) is 0 Å². The van der Waals surface area contributed by atoms with Crippen molar-refractivity contribution in [3.8, 4) is 0 Å². The molecule has 0 amide bonds. The first-order valence-corrected chi connectivity index (χ1v) is 5.32. The smallest absolute Gasteiger partial charge is 0.330 e. The molecule has 0 radical (unpaired) electrons. The molecule has 1 aromatic carbocycles. The number of rotatable bonds is 3. The second kappa shape index (κ2) is 4.71. The van der Waals surface area contributed by atoms with Gasteiger partial charge in [0.1, 0.15) is 0 Å². The van der Waals surface area contributed by atoms with Crippen LogP contribution in [0.1, 0.15) is 12.0 Å². The van der Waals surface area contributed by atoms with E-state index in [0.29, 0.717) is 4.47 Å². The summed E-state index contributed by atoms with van der Waals surface area (Å²) in [5.74, 6) is 0. The number of hydrogen-bond acceptors (Lipinski definition) is 1. The molecule has 6 heteroatoms. The predicted octanol–water partition coefficient (Wildman–Crippen LogP) is 3.53. The minimum atomic E-state index is -4.97. The van der Waals surface area contributed by atoms with Gasteiger partial charge in [-0.3, -0.25) is 0 Å². The third-order valence-electron chi connectivity index (χ3n) is 2.22. The Morgan fingerprint density at radius 2 is 1.81 bits per heavy atom. The molecule has 1 unspecified atom stereocenters. The number of benzene rings is 1. The molecule has 1 rings (SSSR count). The van der Waals surface area contributed by atoms with Crippen LogP contribution in [-0.4, -0.2) is 12.7 Å². The lowest BCUT2D eigenvalue weighted by Gasteiger charge is -2.28. The Balaban J connectivity index is 3.21. The molecular weight excluding hydrogens is 290 g/mol. The van der Waals surface area contributed by atoms with Crippen LogP contribution in [0.4, 0.5) is 17.6 Å². The van der Waals surface area contributed by atoms with Crippen LogP contribution in [0, 0.1) is 0 Å². The molecule has 0 heterocycles. The Kier molecular flexibility index (Phi) is 3.96. The Labute approximate surface area is 98.8 Å². The molecular formula is C10H10BrF4N. The first kappa shape index (κ1) is 13.4. The first-order chi connectivity index (χ1) is 7.31. The lowest BCUT2D eigenvalue weighted by molar-refractivity contribution is -0.237. The van der Waals surface area contributed by atoms with Gasteiger partial charge in [0, 0.05) is 10.9 Å². The molecule has 1 atom stereocenters. The van der Waals surface area contributed by atoms with Crippen LogP contribution in [0.5, 0.6) is 0 Å². The number of alkyl halides is 4. The quantitative estimate of drug-likeness (QED) is 0.849. The van der Waals surface area contributed by atoms with Crippen LogP contribution in [-0.2, 0) is 5.67 Å². The van der Waals surface area contributed by atoms with Gasteiger partial charge in [0.05, 0.1) is 0 Å². The fraction of sp³-hybridized carbons (Fsp3) is 0.400. The maximum atomic E-state index is 14.0. The van der Waals surface area contributed by atoms with Crippen molar-refractivity contribution in [2.75, 3.05) is 6.54 Å². The summed E-state index contributed by atoms with van der Waals surface area (Å²) in [5, 5.41) is 0. The molecule has 0 fully saturated rings. The van der Waals surface area contributed by atoms with E-state index in [1.54, 1.807) is 0 Å². The van der Waals surface area contributed by atoms with Crippen molar-refractivity contribution in [3.05, 3.63) is 34.3 Å². The Morgan fingerprint density at radius 3 is 2.25 bits per heavy atom. The lowest BCUT2D eigenvalue weighted by atomic mass is 9.92. The van der Waals surface area contributed by atoms with Gasteiger partial charge < -0.3 is 5.73 Å². The van der Waals surface area contributed by atoms with E-state index in [2.05, 4.69) is 15.9 Å². The summed E-state index contributed by atoms with van der Waals surface area (Å²) in [6, 6.07) is 5.11. The molecule has 0 spiro atoms. The van der Waals surface area contributed by atoms with Crippen molar-refractivity contribution < 1.29 is 17.6 Å². The second-order valence-electron chi connectivity index (χ2n) is 3.35. The van der Waals surface area contributed by atoms with Crippen LogP contribution in [0.15, 0.2) is 28.7 Å². The molecule has 1 aromatic rings. The molecule has 0 aliphatic carbocycles. The predicted molar refractivity (Wildman–Crippen MR) is 56.7 cm³/mol. The van der Waals surface area contributed by atoms with Gasteiger partial charge >= 0.3 is 6.18 Å². The van der Waals surface area contributed by atoms with Crippen LogP contribution in [0.2, 0.25) is 0 Å². The topological polar surface area (TPSA) is 26.0 Å². The lowest BCUT2D eigenvalue weighted by Crippen LogP contribution is -2.40. The summed E-state index contributed by atoms with van der Waals surface area (Å²) in [5.41, 5.74) is 1.22. The van der Waals surface area contributed by atoms with Gasteiger partial charge in [-0.05, 0) is 24.2 Å². The van der Waals surface area contributed by atoms with Crippen LogP contribution >= 0.6 is 15.9 Å². The van der Waals surface area contributed by atoms with E-state index in [1.807, 2.05) is 0 Å². The van der Waals surface area contributed by atoms with Gasteiger partial charge in [-0.1, -0.05) is 28.1 Å². The van der Waals surface area contributed by atoms with Crippen molar-refractivity contribution in [2.24, 2.45) is 5.73 Å². The summed E-state index contributed by atoms with van der Waals surface area (Å²) in [6.45, 7) is -0.372. The summed E-state index contributed by atoms with van der Waals surface area (Å²) in [7, 11) is 0. The van der Waals surface area contributed by atoms with Gasteiger partial charge in [-0.2, -0.15) is 13.2 Å². The molecule has 0 bridgehead atoms. The monoisotopic (exact) mass is 299 g/mol. The zero-order chi connectivity index (χ0) is 12.4. The van der Waals surface area contributed by atoms with Gasteiger partial charge in [-0.25, -0.2) is 4.39 Å².